The summed E-state index contributed by atoms with van der Waals surface area (Å²) in [5.41, 5.74) is 0.287. The number of aliphatic hydroxyl groups is 1. The number of hydrogen-bond donors (Lipinski definition) is 2. The molecule has 0 unspecified atom stereocenters. The van der Waals surface area contributed by atoms with Gasteiger partial charge in [0.1, 0.15) is 17.8 Å². The lowest BCUT2D eigenvalue weighted by atomic mass is 10.1. The molecule has 0 saturated carbocycles. The van der Waals surface area contributed by atoms with E-state index in [2.05, 4.69) is 5.32 Å². The molecule has 1 heterocycles. The predicted molar refractivity (Wildman–Crippen MR) is 111 cm³/mol. The minimum atomic E-state index is -1.09. The fraction of sp³-hybridized carbons (Fsp3) is 0.545. The van der Waals surface area contributed by atoms with Crippen molar-refractivity contribution in [3.05, 3.63) is 48.0 Å². The molecule has 0 radical (unpaired) electrons. The van der Waals surface area contributed by atoms with E-state index >= 15 is 0 Å². The third-order valence-electron chi connectivity index (χ3n) is 4.15. The van der Waals surface area contributed by atoms with Gasteiger partial charge >= 0.3 is 12.1 Å². The standard InChI is InChI=1S/C22H31NO8/c1-22(2,3)31-21(26)23-16(20(25)27-4)13-29-19-11-10-17(24)18(30-19)14-28-12-15-8-6-5-7-9-15/h5-11,16-19,24H,12-14H2,1-4H3,(H,23,26)/t16-,17+,18+,19+/m0/s1. The van der Waals surface area contributed by atoms with Crippen LogP contribution in [0.2, 0.25) is 0 Å². The van der Waals surface area contributed by atoms with E-state index in [1.807, 2.05) is 30.3 Å². The lowest BCUT2D eigenvalue weighted by molar-refractivity contribution is -0.190. The van der Waals surface area contributed by atoms with Crippen LogP contribution < -0.4 is 5.32 Å². The molecular weight excluding hydrogens is 406 g/mol. The molecule has 1 amide bonds. The normalized spacial score (nSPS) is 21.9. The molecule has 9 nitrogen and oxygen atoms in total. The Morgan fingerprint density at radius 1 is 1.19 bits per heavy atom. The zero-order chi connectivity index (χ0) is 22.9. The van der Waals surface area contributed by atoms with Crippen LogP contribution in [0.25, 0.3) is 0 Å². The summed E-state index contributed by atoms with van der Waals surface area (Å²) in [5, 5.41) is 12.5. The van der Waals surface area contributed by atoms with E-state index in [0.717, 1.165) is 5.56 Å². The highest BCUT2D eigenvalue weighted by Gasteiger charge is 2.30. The van der Waals surface area contributed by atoms with E-state index in [0.29, 0.717) is 6.61 Å². The summed E-state index contributed by atoms with van der Waals surface area (Å²) in [6.07, 6.45) is -0.0316. The van der Waals surface area contributed by atoms with Crippen LogP contribution >= 0.6 is 0 Å². The average Bonchev–Trinajstić information content (AvgIpc) is 2.72. The Balaban J connectivity index is 1.84. The Morgan fingerprint density at radius 2 is 1.90 bits per heavy atom. The first-order chi connectivity index (χ1) is 14.7. The van der Waals surface area contributed by atoms with Crippen LogP contribution in [0.5, 0.6) is 0 Å². The molecule has 1 aliphatic heterocycles. The average molecular weight is 437 g/mol. The highest BCUT2D eigenvalue weighted by atomic mass is 16.7. The highest BCUT2D eigenvalue weighted by Crippen LogP contribution is 2.16. The first-order valence-corrected chi connectivity index (χ1v) is 10.0. The van der Waals surface area contributed by atoms with Gasteiger partial charge < -0.3 is 34.1 Å². The summed E-state index contributed by atoms with van der Waals surface area (Å²) in [6.45, 7) is 5.45. The second kappa shape index (κ2) is 11.8. The van der Waals surface area contributed by atoms with Crippen LogP contribution in [0.4, 0.5) is 4.79 Å². The quantitative estimate of drug-likeness (QED) is 0.445. The van der Waals surface area contributed by atoms with Crippen molar-refractivity contribution in [2.75, 3.05) is 20.3 Å². The maximum absolute atomic E-state index is 12.0. The van der Waals surface area contributed by atoms with Gasteiger partial charge in [0.15, 0.2) is 12.3 Å². The third-order valence-corrected chi connectivity index (χ3v) is 4.15. The molecule has 0 saturated heterocycles. The van der Waals surface area contributed by atoms with Crippen molar-refractivity contribution in [1.82, 2.24) is 5.32 Å². The van der Waals surface area contributed by atoms with Crippen LogP contribution in [0.1, 0.15) is 26.3 Å². The van der Waals surface area contributed by atoms with Gasteiger partial charge in [0.25, 0.3) is 0 Å². The molecule has 1 aromatic carbocycles. The van der Waals surface area contributed by atoms with Gasteiger partial charge in [-0.05, 0) is 32.4 Å². The number of methoxy groups -OCH3 is 1. The number of alkyl carbamates (subject to hydrolysis) is 1. The molecule has 2 rings (SSSR count). The molecule has 0 fully saturated rings. The van der Waals surface area contributed by atoms with Gasteiger partial charge in [-0.15, -0.1) is 0 Å². The van der Waals surface area contributed by atoms with Crippen molar-refractivity contribution in [3.8, 4) is 0 Å². The van der Waals surface area contributed by atoms with Gasteiger partial charge in [-0.3, -0.25) is 0 Å². The lowest BCUT2D eigenvalue weighted by Gasteiger charge is -2.30. The number of benzene rings is 1. The smallest absolute Gasteiger partial charge is 0.408 e. The molecule has 0 spiro atoms. The van der Waals surface area contributed by atoms with Crippen molar-refractivity contribution in [2.24, 2.45) is 0 Å². The molecule has 0 aliphatic carbocycles. The van der Waals surface area contributed by atoms with Crippen LogP contribution in [0.15, 0.2) is 42.5 Å². The molecular formula is C22H31NO8. The summed E-state index contributed by atoms with van der Waals surface area (Å²) in [6, 6.07) is 8.55. The van der Waals surface area contributed by atoms with Gasteiger partial charge in [-0.1, -0.05) is 36.4 Å². The summed E-state index contributed by atoms with van der Waals surface area (Å²) in [5.74, 6) is -0.687. The number of carbonyl (C=O) groups is 2. The van der Waals surface area contributed by atoms with Gasteiger partial charge in [-0.2, -0.15) is 0 Å². The number of carbonyl (C=O) groups excluding carboxylic acids is 2. The Kier molecular flexibility index (Phi) is 9.44. The molecule has 0 aromatic heterocycles. The fourth-order valence-corrected chi connectivity index (χ4v) is 2.68. The van der Waals surface area contributed by atoms with Gasteiger partial charge in [0.2, 0.25) is 0 Å². The molecule has 9 heteroatoms. The van der Waals surface area contributed by atoms with Crippen LogP contribution in [0.3, 0.4) is 0 Å². The molecule has 1 aliphatic rings. The lowest BCUT2D eigenvalue weighted by Crippen LogP contribution is -2.48. The van der Waals surface area contributed by atoms with E-state index in [4.69, 9.17) is 23.7 Å². The molecule has 2 N–H and O–H groups in total. The van der Waals surface area contributed by atoms with Crippen LogP contribution in [-0.4, -0.2) is 67.6 Å². The Morgan fingerprint density at radius 3 is 2.55 bits per heavy atom. The summed E-state index contributed by atoms with van der Waals surface area (Å²) in [4.78, 5) is 24.0. The Bertz CT molecular complexity index is 731. The minimum absolute atomic E-state index is 0.150. The number of ether oxygens (including phenoxy) is 5. The maximum atomic E-state index is 12.0. The zero-order valence-corrected chi connectivity index (χ0v) is 18.3. The second-order valence-electron chi connectivity index (χ2n) is 7.97. The Labute approximate surface area is 182 Å². The van der Waals surface area contributed by atoms with Crippen LogP contribution in [-0.2, 0) is 35.1 Å². The summed E-state index contributed by atoms with van der Waals surface area (Å²) >= 11 is 0. The predicted octanol–water partition coefficient (Wildman–Crippen LogP) is 1.93. The maximum Gasteiger partial charge on any atom is 0.408 e. The number of nitrogens with one attached hydrogen (secondary N) is 1. The number of esters is 1. The largest absolute Gasteiger partial charge is 0.467 e. The van der Waals surface area contributed by atoms with Crippen LogP contribution in [0, 0.1) is 0 Å². The molecule has 31 heavy (non-hydrogen) atoms. The monoisotopic (exact) mass is 437 g/mol. The SMILES string of the molecule is COC(=O)[C@H](CO[C@H]1C=C[C@@H](O)[C@@H](COCc2ccccc2)O1)NC(=O)OC(C)(C)C. The van der Waals surface area contributed by atoms with Gasteiger partial charge in [0.05, 0.1) is 26.9 Å². The second-order valence-corrected chi connectivity index (χ2v) is 7.97. The van der Waals surface area contributed by atoms with Crippen molar-refractivity contribution in [3.63, 3.8) is 0 Å². The van der Waals surface area contributed by atoms with Crippen molar-refractivity contribution in [2.45, 2.75) is 57.5 Å². The molecule has 172 valence electrons. The first kappa shape index (κ1) is 24.8. The zero-order valence-electron chi connectivity index (χ0n) is 18.3. The number of hydrogen-bond acceptors (Lipinski definition) is 8. The van der Waals surface area contributed by atoms with E-state index in [-0.39, 0.29) is 13.2 Å². The van der Waals surface area contributed by atoms with E-state index in [1.54, 1.807) is 26.8 Å². The molecule has 0 bridgehead atoms. The number of rotatable bonds is 9. The van der Waals surface area contributed by atoms with Gasteiger partial charge in [-0.25, -0.2) is 9.59 Å². The first-order valence-electron chi connectivity index (χ1n) is 10.0. The molecule has 1 aromatic rings. The summed E-state index contributed by atoms with van der Waals surface area (Å²) < 4.78 is 26.8. The van der Waals surface area contributed by atoms with E-state index < -0.39 is 42.2 Å². The van der Waals surface area contributed by atoms with Crippen molar-refractivity contribution < 1.29 is 38.4 Å². The van der Waals surface area contributed by atoms with E-state index in [1.165, 1.54) is 13.2 Å². The Hall–Kier alpha value is -2.46. The van der Waals surface area contributed by atoms with E-state index in [9.17, 15) is 14.7 Å². The minimum Gasteiger partial charge on any atom is -0.467 e. The molecule has 4 atom stereocenters. The topological polar surface area (TPSA) is 113 Å². The van der Waals surface area contributed by atoms with Crippen molar-refractivity contribution >= 4 is 12.1 Å². The third kappa shape index (κ3) is 9.06. The highest BCUT2D eigenvalue weighted by molar-refractivity contribution is 5.81. The fourth-order valence-electron chi connectivity index (χ4n) is 2.68. The number of aliphatic hydroxyl groups excluding tert-OH is 1. The van der Waals surface area contributed by atoms with Crippen molar-refractivity contribution in [1.29, 1.82) is 0 Å². The van der Waals surface area contributed by atoms with Gasteiger partial charge in [0, 0.05) is 0 Å². The summed E-state index contributed by atoms with van der Waals surface area (Å²) in [7, 11) is 1.21. The number of amides is 1.